The minimum Gasteiger partial charge on any atom is -0.397 e. The molecule has 3 N–H and O–H groups in total. The van der Waals surface area contributed by atoms with Crippen molar-refractivity contribution in [1.82, 2.24) is 5.32 Å². The molecule has 2 aromatic rings. The number of hydrogen-bond donors (Lipinski definition) is 2. The van der Waals surface area contributed by atoms with E-state index in [0.717, 1.165) is 30.4 Å². The third kappa shape index (κ3) is 2.50. The normalized spacial score (nSPS) is 16.4. The van der Waals surface area contributed by atoms with Gasteiger partial charge in [0.2, 0.25) is 0 Å². The van der Waals surface area contributed by atoms with Gasteiger partial charge in [-0.1, -0.05) is 19.3 Å². The van der Waals surface area contributed by atoms with Crippen molar-refractivity contribution in [3.05, 3.63) is 28.9 Å². The molecule has 5 heteroatoms. The maximum Gasteiger partial charge on any atom is 0.263 e. The standard InChI is InChI=1S/C15H17FN2OS/c16-9-6-7-12-11(8-9)13(17)14(20-12)15(19)18-10-4-2-1-3-5-10/h6-8,10H,1-5,17H2,(H,18,19). The molecule has 0 spiro atoms. The largest absolute Gasteiger partial charge is 0.397 e. The van der Waals surface area contributed by atoms with Gasteiger partial charge in [0.15, 0.2) is 0 Å². The number of halogens is 1. The molecular weight excluding hydrogens is 275 g/mol. The van der Waals surface area contributed by atoms with Crippen LogP contribution in [0.15, 0.2) is 18.2 Å². The lowest BCUT2D eigenvalue weighted by Gasteiger charge is -2.22. The van der Waals surface area contributed by atoms with Crippen LogP contribution in [0.25, 0.3) is 10.1 Å². The number of anilines is 1. The quantitative estimate of drug-likeness (QED) is 0.887. The van der Waals surface area contributed by atoms with Gasteiger partial charge >= 0.3 is 0 Å². The Morgan fingerprint density at radius 3 is 2.80 bits per heavy atom. The van der Waals surface area contributed by atoms with E-state index < -0.39 is 0 Å². The van der Waals surface area contributed by atoms with E-state index in [0.29, 0.717) is 16.0 Å². The molecule has 0 aliphatic heterocycles. The van der Waals surface area contributed by atoms with Gasteiger partial charge in [0.05, 0.1) is 5.69 Å². The lowest BCUT2D eigenvalue weighted by molar-refractivity contribution is 0.0932. The highest BCUT2D eigenvalue weighted by Gasteiger charge is 2.21. The summed E-state index contributed by atoms with van der Waals surface area (Å²) in [6, 6.07) is 4.69. The van der Waals surface area contributed by atoms with E-state index >= 15 is 0 Å². The summed E-state index contributed by atoms with van der Waals surface area (Å²) >= 11 is 1.33. The van der Waals surface area contributed by atoms with E-state index in [1.807, 2.05) is 0 Å². The summed E-state index contributed by atoms with van der Waals surface area (Å²) in [5.41, 5.74) is 6.38. The molecule has 1 aromatic heterocycles. The highest BCUT2D eigenvalue weighted by Crippen LogP contribution is 2.34. The Kier molecular flexibility index (Phi) is 3.61. The summed E-state index contributed by atoms with van der Waals surface area (Å²) < 4.78 is 14.1. The SMILES string of the molecule is Nc1c(C(=O)NC2CCCCC2)sc2ccc(F)cc12. The number of rotatable bonds is 2. The summed E-state index contributed by atoms with van der Waals surface area (Å²) in [5.74, 6) is -0.461. The lowest BCUT2D eigenvalue weighted by atomic mass is 9.95. The molecule has 0 saturated heterocycles. The van der Waals surface area contributed by atoms with Crippen molar-refractivity contribution in [3.63, 3.8) is 0 Å². The minimum atomic E-state index is -0.332. The van der Waals surface area contributed by atoms with Gasteiger partial charge in [-0.25, -0.2) is 4.39 Å². The molecule has 106 valence electrons. The van der Waals surface area contributed by atoms with Gasteiger partial charge in [-0.05, 0) is 31.0 Å². The lowest BCUT2D eigenvalue weighted by Crippen LogP contribution is -2.36. The van der Waals surface area contributed by atoms with Gasteiger partial charge in [0.25, 0.3) is 5.91 Å². The first kappa shape index (κ1) is 13.4. The number of hydrogen-bond acceptors (Lipinski definition) is 3. The maximum atomic E-state index is 13.2. The monoisotopic (exact) mass is 292 g/mol. The third-order valence-electron chi connectivity index (χ3n) is 3.84. The van der Waals surface area contributed by atoms with Crippen molar-refractivity contribution in [2.24, 2.45) is 0 Å². The molecule has 1 fully saturated rings. The first-order chi connectivity index (χ1) is 9.65. The minimum absolute atomic E-state index is 0.129. The summed E-state index contributed by atoms with van der Waals surface area (Å²) in [5, 5.41) is 3.68. The highest BCUT2D eigenvalue weighted by molar-refractivity contribution is 7.21. The van der Waals surface area contributed by atoms with Crippen LogP contribution in [-0.2, 0) is 0 Å². The number of carbonyl (C=O) groups excluding carboxylic acids is 1. The van der Waals surface area contributed by atoms with Crippen LogP contribution < -0.4 is 11.1 Å². The predicted octanol–water partition coefficient (Wildman–Crippen LogP) is 3.69. The van der Waals surface area contributed by atoms with E-state index in [9.17, 15) is 9.18 Å². The number of fused-ring (bicyclic) bond motifs is 1. The molecule has 1 saturated carbocycles. The molecule has 0 radical (unpaired) electrons. The van der Waals surface area contributed by atoms with Crippen molar-refractivity contribution in [3.8, 4) is 0 Å². The highest BCUT2D eigenvalue weighted by atomic mass is 32.1. The topological polar surface area (TPSA) is 55.1 Å². The van der Waals surface area contributed by atoms with Crippen molar-refractivity contribution < 1.29 is 9.18 Å². The average Bonchev–Trinajstić information content (AvgIpc) is 2.77. The Morgan fingerprint density at radius 2 is 2.05 bits per heavy atom. The summed E-state index contributed by atoms with van der Waals surface area (Å²) in [7, 11) is 0. The molecule has 0 atom stereocenters. The van der Waals surface area contributed by atoms with E-state index in [2.05, 4.69) is 5.32 Å². The van der Waals surface area contributed by atoms with Gasteiger partial charge in [-0.3, -0.25) is 4.79 Å². The van der Waals surface area contributed by atoms with Gasteiger partial charge in [-0.2, -0.15) is 0 Å². The smallest absolute Gasteiger partial charge is 0.263 e. The summed E-state index contributed by atoms with van der Waals surface area (Å²) in [6.45, 7) is 0. The second kappa shape index (κ2) is 5.40. The zero-order chi connectivity index (χ0) is 14.1. The van der Waals surface area contributed by atoms with Gasteiger partial charge < -0.3 is 11.1 Å². The second-order valence-corrected chi connectivity index (χ2v) is 6.35. The second-order valence-electron chi connectivity index (χ2n) is 5.29. The Labute approximate surface area is 121 Å². The molecule has 20 heavy (non-hydrogen) atoms. The number of amides is 1. The molecule has 3 rings (SSSR count). The molecule has 1 aliphatic carbocycles. The van der Waals surface area contributed by atoms with Crippen molar-refractivity contribution in [1.29, 1.82) is 0 Å². The van der Waals surface area contributed by atoms with Gasteiger partial charge in [0, 0.05) is 16.1 Å². The van der Waals surface area contributed by atoms with Crippen LogP contribution >= 0.6 is 11.3 Å². The number of nitrogens with one attached hydrogen (secondary N) is 1. The van der Waals surface area contributed by atoms with Crippen LogP contribution in [0.5, 0.6) is 0 Å². The summed E-state index contributed by atoms with van der Waals surface area (Å²) in [6.07, 6.45) is 5.64. The van der Waals surface area contributed by atoms with E-state index in [1.165, 1.54) is 29.9 Å². The van der Waals surface area contributed by atoms with Crippen LogP contribution in [-0.4, -0.2) is 11.9 Å². The first-order valence-corrected chi connectivity index (χ1v) is 7.75. The molecule has 1 amide bonds. The molecule has 1 aromatic carbocycles. The van der Waals surface area contributed by atoms with Crippen LogP contribution in [0.3, 0.4) is 0 Å². The zero-order valence-electron chi connectivity index (χ0n) is 11.1. The zero-order valence-corrected chi connectivity index (χ0v) is 11.9. The number of carbonyl (C=O) groups is 1. The molecule has 0 bridgehead atoms. The van der Waals surface area contributed by atoms with Gasteiger partial charge in [-0.15, -0.1) is 11.3 Å². The van der Waals surface area contributed by atoms with Crippen LogP contribution in [0, 0.1) is 5.82 Å². The fraction of sp³-hybridized carbons (Fsp3) is 0.400. The Bertz CT molecular complexity index is 647. The molecule has 0 unspecified atom stereocenters. The Morgan fingerprint density at radius 1 is 1.30 bits per heavy atom. The van der Waals surface area contributed by atoms with Crippen molar-refractivity contribution in [2.45, 2.75) is 38.1 Å². The number of nitrogen functional groups attached to an aromatic ring is 1. The van der Waals surface area contributed by atoms with Crippen molar-refractivity contribution in [2.75, 3.05) is 5.73 Å². The third-order valence-corrected chi connectivity index (χ3v) is 5.02. The Hall–Kier alpha value is -1.62. The van der Waals surface area contributed by atoms with E-state index in [1.54, 1.807) is 6.07 Å². The van der Waals surface area contributed by atoms with Crippen molar-refractivity contribution >= 4 is 33.0 Å². The van der Waals surface area contributed by atoms with Crippen LogP contribution in [0.1, 0.15) is 41.8 Å². The van der Waals surface area contributed by atoms with Crippen LogP contribution in [0.2, 0.25) is 0 Å². The van der Waals surface area contributed by atoms with Gasteiger partial charge in [0.1, 0.15) is 10.7 Å². The maximum absolute atomic E-state index is 13.2. The predicted molar refractivity (Wildman–Crippen MR) is 80.5 cm³/mol. The van der Waals surface area contributed by atoms with E-state index in [4.69, 9.17) is 5.73 Å². The number of nitrogens with two attached hydrogens (primary N) is 1. The number of benzene rings is 1. The number of thiophene rings is 1. The molecular formula is C15H17FN2OS. The van der Waals surface area contributed by atoms with E-state index in [-0.39, 0.29) is 17.8 Å². The molecule has 3 nitrogen and oxygen atoms in total. The van der Waals surface area contributed by atoms with Crippen LogP contribution in [0.4, 0.5) is 10.1 Å². The first-order valence-electron chi connectivity index (χ1n) is 6.93. The fourth-order valence-corrected chi connectivity index (χ4v) is 3.76. The fourth-order valence-electron chi connectivity index (χ4n) is 2.76. The average molecular weight is 292 g/mol. The molecule has 1 heterocycles. The summed E-state index contributed by atoms with van der Waals surface area (Å²) in [4.78, 5) is 12.8. The molecule has 1 aliphatic rings. The Balaban J connectivity index is 1.85.